The van der Waals surface area contributed by atoms with Crippen molar-refractivity contribution in [3.8, 4) is 0 Å². The molecule has 0 aliphatic carbocycles. The highest BCUT2D eigenvalue weighted by Crippen LogP contribution is 2.19. The lowest BCUT2D eigenvalue weighted by Crippen LogP contribution is -2.32. The van der Waals surface area contributed by atoms with Crippen molar-refractivity contribution >= 4 is 23.4 Å². The topological polar surface area (TPSA) is 49.8 Å². The van der Waals surface area contributed by atoms with E-state index in [0.29, 0.717) is 30.5 Å². The van der Waals surface area contributed by atoms with Crippen LogP contribution < -0.4 is 4.90 Å². The predicted molar refractivity (Wildman–Crippen MR) is 63.3 cm³/mol. The molecule has 0 aliphatic heterocycles. The molecule has 0 spiro atoms. The Labute approximate surface area is 99.4 Å². The Morgan fingerprint density at radius 2 is 2.31 bits per heavy atom. The Morgan fingerprint density at radius 3 is 2.88 bits per heavy atom. The van der Waals surface area contributed by atoms with Crippen LogP contribution in [0.5, 0.6) is 0 Å². The van der Waals surface area contributed by atoms with Crippen LogP contribution >= 0.6 is 11.6 Å². The van der Waals surface area contributed by atoms with Crippen LogP contribution in [0.2, 0.25) is 5.02 Å². The van der Waals surface area contributed by atoms with Gasteiger partial charge >= 0.3 is 6.09 Å². The van der Waals surface area contributed by atoms with Crippen molar-refractivity contribution in [3.63, 3.8) is 0 Å². The summed E-state index contributed by atoms with van der Waals surface area (Å²) in [5.74, 6) is 0. The molecule has 5 heteroatoms. The Hall–Kier alpha value is -1.26. The van der Waals surface area contributed by atoms with Crippen molar-refractivity contribution < 1.29 is 14.6 Å². The molecular formula is C11H14ClNO3. The number of hydrogen-bond acceptors (Lipinski definition) is 2. The van der Waals surface area contributed by atoms with Gasteiger partial charge in [-0.15, -0.1) is 0 Å². The third-order valence-corrected chi connectivity index (χ3v) is 2.25. The first-order valence-corrected chi connectivity index (χ1v) is 5.36. The predicted octanol–water partition coefficient (Wildman–Crippen LogP) is 2.86. The molecule has 1 aromatic carbocycles. The average molecular weight is 244 g/mol. The molecule has 0 fully saturated rings. The molecule has 88 valence electrons. The van der Waals surface area contributed by atoms with Crippen molar-refractivity contribution in [2.24, 2.45) is 0 Å². The molecule has 0 radical (unpaired) electrons. The number of hydrogen-bond donors (Lipinski definition) is 1. The van der Waals surface area contributed by atoms with E-state index in [9.17, 15) is 4.79 Å². The molecule has 0 aliphatic rings. The van der Waals surface area contributed by atoms with E-state index in [2.05, 4.69) is 0 Å². The third-order valence-electron chi connectivity index (χ3n) is 2.01. The van der Waals surface area contributed by atoms with E-state index in [-0.39, 0.29) is 0 Å². The molecule has 0 saturated carbocycles. The number of amides is 1. The van der Waals surface area contributed by atoms with Crippen LogP contribution in [0.3, 0.4) is 0 Å². The minimum atomic E-state index is -1.01. The van der Waals surface area contributed by atoms with E-state index in [1.165, 1.54) is 4.90 Å². The smallest absolute Gasteiger partial charge is 0.411 e. The van der Waals surface area contributed by atoms with Crippen molar-refractivity contribution in [2.75, 3.05) is 24.7 Å². The average Bonchev–Trinajstić information content (AvgIpc) is 2.24. The van der Waals surface area contributed by atoms with E-state index in [1.807, 2.05) is 6.92 Å². The van der Waals surface area contributed by atoms with Gasteiger partial charge in [0.2, 0.25) is 0 Å². The van der Waals surface area contributed by atoms with E-state index in [0.717, 1.165) is 0 Å². The summed E-state index contributed by atoms with van der Waals surface area (Å²) < 4.78 is 5.13. The minimum absolute atomic E-state index is 0.295. The highest BCUT2D eigenvalue weighted by molar-refractivity contribution is 6.30. The van der Waals surface area contributed by atoms with Crippen LogP contribution in [0.15, 0.2) is 24.3 Å². The summed E-state index contributed by atoms with van der Waals surface area (Å²) in [5.41, 5.74) is 0.555. The van der Waals surface area contributed by atoms with E-state index >= 15 is 0 Å². The van der Waals surface area contributed by atoms with Crippen molar-refractivity contribution in [1.82, 2.24) is 0 Å². The zero-order chi connectivity index (χ0) is 12.0. The van der Waals surface area contributed by atoms with Gasteiger partial charge in [0.15, 0.2) is 0 Å². The van der Waals surface area contributed by atoms with Gasteiger partial charge in [-0.1, -0.05) is 17.7 Å². The maximum absolute atomic E-state index is 11.0. The summed E-state index contributed by atoms with van der Waals surface area (Å²) in [7, 11) is 0. The highest BCUT2D eigenvalue weighted by atomic mass is 35.5. The Kier molecular flexibility index (Phi) is 5.08. The summed E-state index contributed by atoms with van der Waals surface area (Å²) in [6.45, 7) is 3.10. The highest BCUT2D eigenvalue weighted by Gasteiger charge is 2.13. The van der Waals surface area contributed by atoms with Crippen molar-refractivity contribution in [3.05, 3.63) is 29.3 Å². The first kappa shape index (κ1) is 12.8. The largest absolute Gasteiger partial charge is 0.465 e. The fourth-order valence-corrected chi connectivity index (χ4v) is 1.46. The van der Waals surface area contributed by atoms with Crippen molar-refractivity contribution in [2.45, 2.75) is 6.92 Å². The lowest BCUT2D eigenvalue weighted by atomic mass is 10.3. The third kappa shape index (κ3) is 3.72. The van der Waals surface area contributed by atoms with E-state index in [4.69, 9.17) is 21.4 Å². The van der Waals surface area contributed by atoms with Gasteiger partial charge in [0.1, 0.15) is 0 Å². The van der Waals surface area contributed by atoms with Gasteiger partial charge in [-0.2, -0.15) is 0 Å². The van der Waals surface area contributed by atoms with Gasteiger partial charge in [-0.3, -0.25) is 4.90 Å². The maximum atomic E-state index is 11.0. The van der Waals surface area contributed by atoms with Gasteiger partial charge in [-0.25, -0.2) is 4.79 Å². The second-order valence-corrected chi connectivity index (χ2v) is 3.55. The van der Waals surface area contributed by atoms with Gasteiger partial charge in [0, 0.05) is 17.3 Å². The molecule has 4 nitrogen and oxygen atoms in total. The number of carbonyl (C=O) groups is 1. The van der Waals surface area contributed by atoms with Crippen LogP contribution in [0, 0.1) is 0 Å². The van der Waals surface area contributed by atoms with Crippen LogP contribution in [0.4, 0.5) is 10.5 Å². The maximum Gasteiger partial charge on any atom is 0.411 e. The first-order chi connectivity index (χ1) is 7.65. The minimum Gasteiger partial charge on any atom is -0.465 e. The molecule has 0 aromatic heterocycles. The molecule has 1 rings (SSSR count). The van der Waals surface area contributed by atoms with E-state index in [1.54, 1.807) is 24.3 Å². The number of benzene rings is 1. The quantitative estimate of drug-likeness (QED) is 0.809. The first-order valence-electron chi connectivity index (χ1n) is 4.99. The lowest BCUT2D eigenvalue weighted by molar-refractivity contribution is 0.150. The standard InChI is InChI=1S/C11H14ClNO3/c1-2-16-7-6-13(11(14)15)10-5-3-4-9(12)8-10/h3-5,8H,2,6-7H2,1H3,(H,14,15). The Balaban J connectivity index is 2.73. The SMILES string of the molecule is CCOCCN(C(=O)O)c1cccc(Cl)c1. The molecular weight excluding hydrogens is 230 g/mol. The van der Waals surface area contributed by atoms with Gasteiger partial charge in [0.25, 0.3) is 0 Å². The molecule has 16 heavy (non-hydrogen) atoms. The lowest BCUT2D eigenvalue weighted by Gasteiger charge is -2.19. The Morgan fingerprint density at radius 1 is 1.56 bits per heavy atom. The summed E-state index contributed by atoms with van der Waals surface area (Å²) in [6.07, 6.45) is -1.01. The number of carboxylic acid groups (broad SMARTS) is 1. The molecule has 0 unspecified atom stereocenters. The van der Waals surface area contributed by atoms with Crippen LogP contribution in [-0.4, -0.2) is 31.0 Å². The number of ether oxygens (including phenoxy) is 1. The Bertz CT molecular complexity index is 357. The molecule has 0 saturated heterocycles. The molecule has 0 bridgehead atoms. The molecule has 1 amide bonds. The van der Waals surface area contributed by atoms with Gasteiger partial charge < -0.3 is 9.84 Å². The fourth-order valence-electron chi connectivity index (χ4n) is 1.28. The van der Waals surface area contributed by atoms with Gasteiger partial charge in [-0.05, 0) is 25.1 Å². The second-order valence-electron chi connectivity index (χ2n) is 3.11. The normalized spacial score (nSPS) is 10.1. The monoisotopic (exact) mass is 243 g/mol. The van der Waals surface area contributed by atoms with E-state index < -0.39 is 6.09 Å². The number of anilines is 1. The van der Waals surface area contributed by atoms with Crippen LogP contribution in [-0.2, 0) is 4.74 Å². The molecule has 1 aromatic rings. The molecule has 0 atom stereocenters. The number of nitrogens with zero attached hydrogens (tertiary/aromatic N) is 1. The van der Waals surface area contributed by atoms with Crippen LogP contribution in [0.1, 0.15) is 6.92 Å². The summed E-state index contributed by atoms with van der Waals surface area (Å²) >= 11 is 5.80. The fraction of sp³-hybridized carbons (Fsp3) is 0.364. The summed E-state index contributed by atoms with van der Waals surface area (Å²) in [5, 5.41) is 9.56. The zero-order valence-electron chi connectivity index (χ0n) is 9.02. The second kappa shape index (κ2) is 6.35. The molecule has 1 N–H and O–H groups in total. The van der Waals surface area contributed by atoms with Gasteiger partial charge in [0.05, 0.1) is 13.2 Å². The van der Waals surface area contributed by atoms with Crippen LogP contribution in [0.25, 0.3) is 0 Å². The number of rotatable bonds is 5. The number of halogens is 1. The molecule has 0 heterocycles. The summed E-state index contributed by atoms with van der Waals surface area (Å²) in [4.78, 5) is 12.2. The zero-order valence-corrected chi connectivity index (χ0v) is 9.78. The van der Waals surface area contributed by atoms with Crippen molar-refractivity contribution in [1.29, 1.82) is 0 Å². The summed E-state index contributed by atoms with van der Waals surface area (Å²) in [6, 6.07) is 6.73.